The van der Waals surface area contributed by atoms with E-state index in [1.165, 1.54) is 14.2 Å². The first-order valence-electron chi connectivity index (χ1n) is 20.4. The highest BCUT2D eigenvalue weighted by atomic mass is 16.7. The number of fused-ring (bicyclic) bond motifs is 3. The van der Waals surface area contributed by atoms with Crippen LogP contribution in [0.5, 0.6) is 0 Å². The quantitative estimate of drug-likeness (QED) is 0.180. The molecule has 1 amide bonds. The molecule has 312 valence electrons. The molecule has 3 aliphatic heterocycles. The maximum Gasteiger partial charge on any atom is 0.329 e. The van der Waals surface area contributed by atoms with Crippen molar-refractivity contribution >= 4 is 23.4 Å². The Bertz CT molecular complexity index is 1410. The zero-order valence-electron chi connectivity index (χ0n) is 34.1. The standard InChI is InChI=1S/C42H67NO12/c1-9-29-17-23(2)16-24(3)18-35(52-7)38-36(53-8)20-26(5)42(51,55-38)39(48)40(49)43-15-11-10-12-30(43)41(50)54-37(27(6)32(45)22-33(29)46)25(4)19-28-13-14-31(44)34(47)21-28/h17,19,24,26-32,34-38,44-45,47,51H,9-16,18,20-22H2,1-8H3/b23-17+,25-19+/t24-,26+,27+,28+,29+,30-,31-,32-,34+,35?,36-,37+,38+,42+/m0/s1. The Hall–Kier alpha value is -2.52. The first-order valence-corrected chi connectivity index (χ1v) is 20.4. The molecule has 1 aliphatic carbocycles. The maximum absolute atomic E-state index is 14.2. The van der Waals surface area contributed by atoms with Gasteiger partial charge in [-0.3, -0.25) is 14.4 Å². The molecule has 1 unspecified atom stereocenters. The van der Waals surface area contributed by atoms with Crippen molar-refractivity contribution in [2.75, 3.05) is 20.8 Å². The van der Waals surface area contributed by atoms with Crippen molar-refractivity contribution in [3.05, 3.63) is 23.3 Å². The third-order valence-electron chi connectivity index (χ3n) is 12.6. The highest BCUT2D eigenvalue weighted by molar-refractivity contribution is 6.39. The van der Waals surface area contributed by atoms with Crippen LogP contribution in [-0.2, 0) is 38.1 Å². The second-order valence-corrected chi connectivity index (χ2v) is 16.9. The van der Waals surface area contributed by atoms with Crippen LogP contribution in [0.3, 0.4) is 0 Å². The molecule has 2 saturated heterocycles. The molecule has 13 heteroatoms. The number of ketones is 2. The number of nitrogens with zero attached hydrogens (tertiary/aromatic N) is 1. The van der Waals surface area contributed by atoms with Gasteiger partial charge in [0.05, 0.1) is 30.5 Å². The first kappa shape index (κ1) is 45.2. The molecule has 55 heavy (non-hydrogen) atoms. The van der Waals surface area contributed by atoms with E-state index in [0.717, 1.165) is 10.5 Å². The monoisotopic (exact) mass is 777 g/mol. The number of aliphatic hydroxyl groups is 4. The van der Waals surface area contributed by atoms with E-state index in [0.29, 0.717) is 56.9 Å². The SMILES string of the molecule is CC[C@@H]1/C=C(\C)C[C@H](C)CC(OC)[C@H]2O[C@@](O)(C(=O)C(=O)N3CCCC[C@H]3C(=O)O[C@H](/C(C)=C/[C@H]3CC[C@H](O)[C@H](O)C3)[C@H](C)[C@@H](O)CC1=O)[C@H](C)C[C@@H]2OC. The minimum atomic E-state index is -2.51. The third kappa shape index (κ3) is 10.7. The Morgan fingerprint density at radius 2 is 1.60 bits per heavy atom. The van der Waals surface area contributed by atoms with Crippen LogP contribution < -0.4 is 0 Å². The molecular formula is C42H67NO12. The number of hydrogen-bond acceptors (Lipinski definition) is 12. The van der Waals surface area contributed by atoms with Gasteiger partial charge in [0, 0.05) is 44.9 Å². The topological polar surface area (TPSA) is 189 Å². The van der Waals surface area contributed by atoms with Gasteiger partial charge in [0.15, 0.2) is 0 Å². The van der Waals surface area contributed by atoms with Gasteiger partial charge in [-0.25, -0.2) is 4.79 Å². The lowest BCUT2D eigenvalue weighted by atomic mass is 9.81. The molecule has 3 fully saturated rings. The molecular weight excluding hydrogens is 710 g/mol. The predicted octanol–water partition coefficient (Wildman–Crippen LogP) is 3.82. The molecule has 0 aromatic carbocycles. The predicted molar refractivity (Wildman–Crippen MR) is 203 cm³/mol. The fourth-order valence-electron chi connectivity index (χ4n) is 9.16. The van der Waals surface area contributed by atoms with E-state index in [1.807, 2.05) is 32.9 Å². The van der Waals surface area contributed by atoms with E-state index in [-0.39, 0.29) is 43.4 Å². The van der Waals surface area contributed by atoms with Crippen molar-refractivity contribution in [1.82, 2.24) is 4.90 Å². The van der Waals surface area contributed by atoms with Gasteiger partial charge in [-0.05, 0) is 95.5 Å². The van der Waals surface area contributed by atoms with E-state index >= 15 is 0 Å². The Morgan fingerprint density at radius 3 is 2.24 bits per heavy atom. The first-order chi connectivity index (χ1) is 25.9. The number of amides is 1. The van der Waals surface area contributed by atoms with Crippen molar-refractivity contribution in [3.8, 4) is 0 Å². The number of esters is 1. The minimum Gasteiger partial charge on any atom is -0.456 e. The van der Waals surface area contributed by atoms with E-state index < -0.39 is 90.0 Å². The van der Waals surface area contributed by atoms with E-state index in [1.54, 1.807) is 20.8 Å². The van der Waals surface area contributed by atoms with Gasteiger partial charge in [-0.2, -0.15) is 0 Å². The zero-order valence-corrected chi connectivity index (χ0v) is 34.1. The number of carbonyl (C=O) groups excluding carboxylic acids is 4. The minimum absolute atomic E-state index is 0.0285. The summed E-state index contributed by atoms with van der Waals surface area (Å²) in [5.41, 5.74) is 1.59. The molecule has 14 atom stereocenters. The van der Waals surface area contributed by atoms with Crippen LogP contribution in [0.15, 0.2) is 23.3 Å². The summed E-state index contributed by atoms with van der Waals surface area (Å²) in [6, 6.07) is -1.15. The second-order valence-electron chi connectivity index (χ2n) is 16.9. The van der Waals surface area contributed by atoms with Crippen molar-refractivity contribution in [2.24, 2.45) is 29.6 Å². The summed E-state index contributed by atoms with van der Waals surface area (Å²) < 4.78 is 24.1. The molecule has 2 bridgehead atoms. The van der Waals surface area contributed by atoms with Crippen LogP contribution in [0, 0.1) is 29.6 Å². The number of allylic oxidation sites excluding steroid dienone is 3. The Morgan fingerprint density at radius 1 is 0.927 bits per heavy atom. The lowest BCUT2D eigenvalue weighted by Crippen LogP contribution is -2.64. The molecule has 4 rings (SSSR count). The molecule has 4 aliphatic rings. The number of hydrogen-bond donors (Lipinski definition) is 4. The number of aliphatic hydroxyl groups excluding tert-OH is 3. The highest BCUT2D eigenvalue weighted by Crippen LogP contribution is 2.39. The Labute approximate surface area is 326 Å². The highest BCUT2D eigenvalue weighted by Gasteiger charge is 2.56. The normalized spacial score (nSPS) is 42.1. The van der Waals surface area contributed by atoms with Gasteiger partial charge in [0.1, 0.15) is 24.0 Å². The molecule has 1 saturated carbocycles. The van der Waals surface area contributed by atoms with Crippen LogP contribution >= 0.6 is 0 Å². The molecule has 4 N–H and O–H groups in total. The smallest absolute Gasteiger partial charge is 0.329 e. The summed E-state index contributed by atoms with van der Waals surface area (Å²) in [6.45, 7) is 11.1. The summed E-state index contributed by atoms with van der Waals surface area (Å²) in [6.07, 6.45) is 2.16. The van der Waals surface area contributed by atoms with E-state index in [2.05, 4.69) is 0 Å². The van der Waals surface area contributed by atoms with Crippen molar-refractivity contribution in [3.63, 3.8) is 0 Å². The molecule has 0 aromatic heterocycles. The molecule has 0 radical (unpaired) electrons. The van der Waals surface area contributed by atoms with Crippen molar-refractivity contribution in [2.45, 2.75) is 167 Å². The Kier molecular flexibility index (Phi) is 16.2. The number of methoxy groups -OCH3 is 2. The van der Waals surface area contributed by atoms with Gasteiger partial charge >= 0.3 is 5.97 Å². The van der Waals surface area contributed by atoms with Crippen LogP contribution in [-0.4, -0.2) is 124 Å². The number of Topliss-reactive ketones (excluding diaryl/α,β-unsaturated/α-hetero) is 2. The van der Waals surface area contributed by atoms with Gasteiger partial charge in [0.2, 0.25) is 5.79 Å². The summed E-state index contributed by atoms with van der Waals surface area (Å²) >= 11 is 0. The van der Waals surface area contributed by atoms with Crippen LogP contribution in [0.4, 0.5) is 0 Å². The van der Waals surface area contributed by atoms with Crippen LogP contribution in [0.1, 0.15) is 112 Å². The van der Waals surface area contributed by atoms with Crippen LogP contribution in [0.25, 0.3) is 0 Å². The summed E-state index contributed by atoms with van der Waals surface area (Å²) in [7, 11) is 3.05. The summed E-state index contributed by atoms with van der Waals surface area (Å²) in [5, 5.41) is 44.0. The number of rotatable bonds is 5. The van der Waals surface area contributed by atoms with Gasteiger partial charge in [-0.1, -0.05) is 45.4 Å². The fourth-order valence-corrected chi connectivity index (χ4v) is 9.16. The molecule has 0 spiro atoms. The lowest BCUT2D eigenvalue weighted by Gasteiger charge is -2.47. The molecule has 0 aromatic rings. The van der Waals surface area contributed by atoms with E-state index in [9.17, 15) is 39.6 Å². The largest absolute Gasteiger partial charge is 0.456 e. The second kappa shape index (κ2) is 19.8. The number of ether oxygens (including phenoxy) is 4. The molecule has 3 heterocycles. The number of piperidine rings is 1. The lowest BCUT2D eigenvalue weighted by molar-refractivity contribution is -0.302. The van der Waals surface area contributed by atoms with E-state index in [4.69, 9.17) is 18.9 Å². The number of cyclic esters (lactones) is 1. The van der Waals surface area contributed by atoms with Crippen LogP contribution in [0.2, 0.25) is 0 Å². The fraction of sp³-hybridized carbons (Fsp3) is 0.810. The molecule has 13 nitrogen and oxygen atoms in total. The van der Waals surface area contributed by atoms with Gasteiger partial charge < -0.3 is 44.3 Å². The van der Waals surface area contributed by atoms with Crippen molar-refractivity contribution < 1.29 is 58.6 Å². The van der Waals surface area contributed by atoms with Crippen molar-refractivity contribution in [1.29, 1.82) is 0 Å². The summed E-state index contributed by atoms with van der Waals surface area (Å²) in [5.74, 6) is -7.77. The maximum atomic E-state index is 14.2. The third-order valence-corrected chi connectivity index (χ3v) is 12.6. The average molecular weight is 778 g/mol. The average Bonchev–Trinajstić information content (AvgIpc) is 3.15. The number of carbonyl (C=O) groups is 4. The van der Waals surface area contributed by atoms with Gasteiger partial charge in [-0.15, -0.1) is 0 Å². The zero-order chi connectivity index (χ0) is 40.8. The Balaban J connectivity index is 1.76. The van der Waals surface area contributed by atoms with Gasteiger partial charge in [0.25, 0.3) is 11.7 Å². The summed E-state index contributed by atoms with van der Waals surface area (Å²) in [4.78, 5) is 57.4.